The fourth-order valence-corrected chi connectivity index (χ4v) is 2.02. The second kappa shape index (κ2) is 6.38. The molecule has 0 saturated heterocycles. The van der Waals surface area contributed by atoms with Gasteiger partial charge in [-0.2, -0.15) is 5.10 Å². The lowest BCUT2D eigenvalue weighted by Crippen LogP contribution is -2.28. The van der Waals surface area contributed by atoms with Crippen LogP contribution in [0.3, 0.4) is 0 Å². The van der Waals surface area contributed by atoms with Crippen molar-refractivity contribution in [3.05, 3.63) is 53.9 Å². The number of alkyl halides is 1. The van der Waals surface area contributed by atoms with Crippen LogP contribution in [0.15, 0.2) is 42.7 Å². The lowest BCUT2D eigenvalue weighted by molar-refractivity contribution is -0.120. The number of aromatic nitrogens is 2. The summed E-state index contributed by atoms with van der Waals surface area (Å²) in [4.78, 5) is 11.9. The molecule has 2 aromatic rings. The zero-order valence-corrected chi connectivity index (χ0v) is 11.5. The Morgan fingerprint density at radius 2 is 2.16 bits per heavy atom. The number of nitrogens with zero attached hydrogens (tertiary/aromatic N) is 2. The maximum absolute atomic E-state index is 11.9. The van der Waals surface area contributed by atoms with E-state index in [2.05, 4.69) is 10.4 Å². The summed E-state index contributed by atoms with van der Waals surface area (Å²) >= 11 is 6.11. The second-order valence-electron chi connectivity index (χ2n) is 4.34. The molecule has 1 amide bonds. The Morgan fingerprint density at radius 3 is 2.79 bits per heavy atom. The molecule has 0 aliphatic heterocycles. The lowest BCUT2D eigenvalue weighted by atomic mass is 10.1. The molecule has 0 fully saturated rings. The van der Waals surface area contributed by atoms with Crippen LogP contribution in [0, 0.1) is 0 Å². The highest BCUT2D eigenvalue weighted by molar-refractivity contribution is 6.30. The molecule has 2 rings (SSSR count). The van der Waals surface area contributed by atoms with E-state index in [4.69, 9.17) is 11.6 Å². The monoisotopic (exact) mass is 277 g/mol. The minimum atomic E-state index is -0.643. The molecule has 1 unspecified atom stereocenters. The van der Waals surface area contributed by atoms with Crippen LogP contribution >= 0.6 is 11.6 Å². The van der Waals surface area contributed by atoms with Crippen molar-refractivity contribution in [3.8, 4) is 0 Å². The standard InChI is InChI=1S/C14H16ClN3O/c1-18-10-11(9-17-18)7-8-16-14(19)13(15)12-5-3-2-4-6-12/h2-6,9-10,13H,7-8H2,1H3,(H,16,19). The summed E-state index contributed by atoms with van der Waals surface area (Å²) in [5, 5.41) is 6.26. The number of hydrogen-bond donors (Lipinski definition) is 1. The van der Waals surface area contributed by atoms with E-state index in [1.54, 1.807) is 10.9 Å². The van der Waals surface area contributed by atoms with Crippen LogP contribution in [0.1, 0.15) is 16.5 Å². The van der Waals surface area contributed by atoms with Gasteiger partial charge in [0.2, 0.25) is 5.91 Å². The Kier molecular flexibility index (Phi) is 4.58. The molecule has 0 radical (unpaired) electrons. The number of aryl methyl sites for hydroxylation is 1. The Hall–Kier alpha value is -1.81. The molecular formula is C14H16ClN3O. The fourth-order valence-electron chi connectivity index (χ4n) is 1.79. The van der Waals surface area contributed by atoms with Crippen LogP contribution in [0.4, 0.5) is 0 Å². The number of nitrogens with one attached hydrogen (secondary N) is 1. The summed E-state index contributed by atoms with van der Waals surface area (Å²) in [5.41, 5.74) is 1.90. The molecule has 19 heavy (non-hydrogen) atoms. The third-order valence-corrected chi connectivity index (χ3v) is 3.24. The zero-order chi connectivity index (χ0) is 13.7. The molecular weight excluding hydrogens is 262 g/mol. The van der Waals surface area contributed by atoms with Crippen molar-refractivity contribution in [1.82, 2.24) is 15.1 Å². The first kappa shape index (κ1) is 13.6. The van der Waals surface area contributed by atoms with Crippen LogP contribution in [-0.4, -0.2) is 22.2 Å². The smallest absolute Gasteiger partial charge is 0.242 e. The predicted octanol–water partition coefficient (Wildman–Crippen LogP) is 2.06. The van der Waals surface area contributed by atoms with E-state index in [1.165, 1.54) is 0 Å². The van der Waals surface area contributed by atoms with E-state index in [1.807, 2.05) is 43.6 Å². The highest BCUT2D eigenvalue weighted by Gasteiger charge is 2.16. The first-order chi connectivity index (χ1) is 9.16. The molecule has 0 saturated carbocycles. The van der Waals surface area contributed by atoms with Gasteiger partial charge in [-0.3, -0.25) is 9.48 Å². The molecule has 1 atom stereocenters. The molecule has 4 nitrogen and oxygen atoms in total. The average Bonchev–Trinajstić information content (AvgIpc) is 2.84. The van der Waals surface area contributed by atoms with Crippen LogP contribution in [0.25, 0.3) is 0 Å². The molecule has 1 N–H and O–H groups in total. The van der Waals surface area contributed by atoms with E-state index >= 15 is 0 Å². The highest BCUT2D eigenvalue weighted by atomic mass is 35.5. The summed E-state index contributed by atoms with van der Waals surface area (Å²) in [6.07, 6.45) is 4.47. The molecule has 1 aromatic heterocycles. The number of carbonyl (C=O) groups is 1. The van der Waals surface area contributed by atoms with Crippen LogP contribution in [-0.2, 0) is 18.3 Å². The minimum absolute atomic E-state index is 0.170. The van der Waals surface area contributed by atoms with Gasteiger partial charge >= 0.3 is 0 Å². The number of halogens is 1. The van der Waals surface area contributed by atoms with E-state index in [0.717, 1.165) is 17.5 Å². The predicted molar refractivity (Wildman–Crippen MR) is 75.0 cm³/mol. The normalized spacial score (nSPS) is 12.1. The van der Waals surface area contributed by atoms with Crippen molar-refractivity contribution in [2.45, 2.75) is 11.8 Å². The van der Waals surface area contributed by atoms with Crippen LogP contribution in [0.5, 0.6) is 0 Å². The molecule has 0 aliphatic rings. The second-order valence-corrected chi connectivity index (χ2v) is 4.77. The number of hydrogen-bond acceptors (Lipinski definition) is 2. The van der Waals surface area contributed by atoms with Gasteiger partial charge in [0.05, 0.1) is 6.20 Å². The van der Waals surface area contributed by atoms with Gasteiger partial charge in [-0.15, -0.1) is 11.6 Å². The third kappa shape index (κ3) is 3.83. The minimum Gasteiger partial charge on any atom is -0.354 e. The molecule has 0 spiro atoms. The topological polar surface area (TPSA) is 46.9 Å². The SMILES string of the molecule is Cn1cc(CCNC(=O)C(Cl)c2ccccc2)cn1. The van der Waals surface area contributed by atoms with Gasteiger partial charge in [0.25, 0.3) is 0 Å². The van der Waals surface area contributed by atoms with Crippen LogP contribution < -0.4 is 5.32 Å². The number of benzene rings is 1. The van der Waals surface area contributed by atoms with Crippen molar-refractivity contribution in [3.63, 3.8) is 0 Å². The van der Waals surface area contributed by atoms with Gasteiger partial charge in [-0.1, -0.05) is 30.3 Å². The Balaban J connectivity index is 1.81. The highest BCUT2D eigenvalue weighted by Crippen LogP contribution is 2.19. The summed E-state index contributed by atoms with van der Waals surface area (Å²) in [5.74, 6) is -0.170. The maximum Gasteiger partial charge on any atom is 0.242 e. The van der Waals surface area contributed by atoms with Gasteiger partial charge in [0.1, 0.15) is 5.38 Å². The van der Waals surface area contributed by atoms with Crippen LogP contribution in [0.2, 0.25) is 0 Å². The van der Waals surface area contributed by atoms with Gasteiger partial charge in [-0.05, 0) is 17.5 Å². The van der Waals surface area contributed by atoms with Crippen molar-refractivity contribution in [2.24, 2.45) is 7.05 Å². The first-order valence-electron chi connectivity index (χ1n) is 6.11. The van der Waals surface area contributed by atoms with Crippen molar-refractivity contribution in [1.29, 1.82) is 0 Å². The summed E-state index contributed by atoms with van der Waals surface area (Å²) < 4.78 is 1.74. The van der Waals surface area contributed by atoms with Gasteiger partial charge in [0.15, 0.2) is 0 Å². The number of carbonyl (C=O) groups excluding carboxylic acids is 1. The largest absolute Gasteiger partial charge is 0.354 e. The average molecular weight is 278 g/mol. The molecule has 0 aliphatic carbocycles. The van der Waals surface area contributed by atoms with Crippen molar-refractivity contribution in [2.75, 3.05) is 6.54 Å². The number of amides is 1. The molecule has 0 bridgehead atoms. The van der Waals surface area contributed by atoms with Gasteiger partial charge < -0.3 is 5.32 Å². The summed E-state index contributed by atoms with van der Waals surface area (Å²) in [6, 6.07) is 9.32. The third-order valence-electron chi connectivity index (χ3n) is 2.79. The Bertz CT molecular complexity index is 539. The Morgan fingerprint density at radius 1 is 1.42 bits per heavy atom. The summed E-state index contributed by atoms with van der Waals surface area (Å²) in [6.45, 7) is 0.556. The van der Waals surface area contributed by atoms with Gasteiger partial charge in [-0.25, -0.2) is 0 Å². The van der Waals surface area contributed by atoms with E-state index in [0.29, 0.717) is 6.54 Å². The van der Waals surface area contributed by atoms with Crippen molar-refractivity contribution >= 4 is 17.5 Å². The first-order valence-corrected chi connectivity index (χ1v) is 6.54. The van der Waals surface area contributed by atoms with Crippen molar-refractivity contribution < 1.29 is 4.79 Å². The zero-order valence-electron chi connectivity index (χ0n) is 10.7. The maximum atomic E-state index is 11.9. The van der Waals surface area contributed by atoms with E-state index in [-0.39, 0.29) is 5.91 Å². The quantitative estimate of drug-likeness (QED) is 0.851. The molecule has 1 aromatic carbocycles. The molecule has 5 heteroatoms. The molecule has 1 heterocycles. The number of rotatable bonds is 5. The fraction of sp³-hybridized carbons (Fsp3) is 0.286. The van der Waals surface area contributed by atoms with E-state index < -0.39 is 5.38 Å². The Labute approximate surface area is 117 Å². The van der Waals surface area contributed by atoms with E-state index in [9.17, 15) is 4.79 Å². The lowest BCUT2D eigenvalue weighted by Gasteiger charge is -2.10. The summed E-state index contributed by atoms with van der Waals surface area (Å²) in [7, 11) is 1.87. The molecule has 100 valence electrons. The van der Waals surface area contributed by atoms with Gasteiger partial charge in [0, 0.05) is 19.8 Å².